The molecule has 0 unspecified atom stereocenters. The summed E-state index contributed by atoms with van der Waals surface area (Å²) in [4.78, 5) is 17.7. The maximum absolute atomic E-state index is 11.6. The minimum absolute atomic E-state index is 0.0768. The Balaban J connectivity index is 2.51. The highest BCUT2D eigenvalue weighted by atomic mass is 32.2. The maximum Gasteiger partial charge on any atom is 0.244 e. The van der Waals surface area contributed by atoms with Crippen molar-refractivity contribution >= 4 is 22.8 Å². The van der Waals surface area contributed by atoms with Crippen molar-refractivity contribution in [3.63, 3.8) is 0 Å². The van der Waals surface area contributed by atoms with Gasteiger partial charge in [-0.2, -0.15) is 0 Å². The number of aliphatic imine (C=N–C) groups is 1. The zero-order chi connectivity index (χ0) is 12.9. The van der Waals surface area contributed by atoms with Crippen LogP contribution >= 0.6 is 11.8 Å². The first-order chi connectivity index (χ1) is 8.06. The lowest BCUT2D eigenvalue weighted by molar-refractivity contribution is -0.128. The van der Waals surface area contributed by atoms with Crippen molar-refractivity contribution in [3.05, 3.63) is 0 Å². The van der Waals surface area contributed by atoms with Crippen molar-refractivity contribution in [2.75, 3.05) is 25.9 Å². The minimum atomic E-state index is 0.0768. The number of carbonyl (C=O) groups excluding carboxylic acids is 1. The topological polar surface area (TPSA) is 44.7 Å². The van der Waals surface area contributed by atoms with E-state index in [9.17, 15) is 4.79 Å². The van der Waals surface area contributed by atoms with Crippen molar-refractivity contribution in [1.82, 2.24) is 10.2 Å². The van der Waals surface area contributed by atoms with E-state index < -0.39 is 0 Å². The number of carbonyl (C=O) groups is 1. The summed E-state index contributed by atoms with van der Waals surface area (Å²) in [5.41, 5.74) is 0.184. The fourth-order valence-electron chi connectivity index (χ4n) is 1.66. The van der Waals surface area contributed by atoms with Crippen molar-refractivity contribution in [1.29, 1.82) is 0 Å². The van der Waals surface area contributed by atoms with Gasteiger partial charge in [0.15, 0.2) is 5.17 Å². The highest BCUT2D eigenvalue weighted by Crippen LogP contribution is 2.28. The van der Waals surface area contributed by atoms with Gasteiger partial charge in [-0.15, -0.1) is 0 Å². The molecule has 1 amide bonds. The molecule has 1 aliphatic rings. The average Bonchev–Trinajstić information content (AvgIpc) is 2.79. The molecule has 1 heterocycles. The lowest BCUT2D eigenvalue weighted by Gasteiger charge is -2.25. The van der Waals surface area contributed by atoms with Gasteiger partial charge in [-0.3, -0.25) is 9.79 Å². The fraction of sp³-hybridized carbons (Fsp3) is 0.833. The Labute approximate surface area is 108 Å². The molecular formula is C12H23N3OS. The first-order valence-corrected chi connectivity index (χ1v) is 7.24. The number of hydrogen-bond acceptors (Lipinski definition) is 3. The molecule has 1 aliphatic heterocycles. The number of nitrogens with zero attached hydrogens (tertiary/aromatic N) is 2. The fourth-order valence-corrected chi connectivity index (χ4v) is 3.00. The van der Waals surface area contributed by atoms with Crippen LogP contribution in [-0.4, -0.2) is 47.4 Å². The zero-order valence-corrected chi connectivity index (χ0v) is 12.1. The van der Waals surface area contributed by atoms with Crippen LogP contribution in [0.15, 0.2) is 4.99 Å². The SMILES string of the molecule is CCN(C)C(=O)CN=C1NC(CC)(CC)CS1. The summed E-state index contributed by atoms with van der Waals surface area (Å²) >= 11 is 1.73. The third-order valence-corrected chi connectivity index (χ3v) is 4.67. The van der Waals surface area contributed by atoms with Gasteiger partial charge in [0, 0.05) is 24.9 Å². The molecule has 0 atom stereocenters. The molecule has 17 heavy (non-hydrogen) atoms. The van der Waals surface area contributed by atoms with Crippen molar-refractivity contribution in [3.8, 4) is 0 Å². The molecule has 98 valence electrons. The van der Waals surface area contributed by atoms with E-state index in [0.717, 1.165) is 30.3 Å². The molecular weight excluding hydrogens is 234 g/mol. The van der Waals surface area contributed by atoms with Crippen molar-refractivity contribution < 1.29 is 4.79 Å². The van der Waals surface area contributed by atoms with Gasteiger partial charge in [-0.05, 0) is 19.8 Å². The van der Waals surface area contributed by atoms with E-state index in [0.29, 0.717) is 0 Å². The lowest BCUT2D eigenvalue weighted by atomic mass is 9.96. The summed E-state index contributed by atoms with van der Waals surface area (Å²) in [6.45, 7) is 7.33. The average molecular weight is 257 g/mol. The number of amidine groups is 1. The predicted molar refractivity (Wildman–Crippen MR) is 74.5 cm³/mol. The van der Waals surface area contributed by atoms with Gasteiger partial charge in [0.1, 0.15) is 6.54 Å². The van der Waals surface area contributed by atoms with Gasteiger partial charge in [0.25, 0.3) is 0 Å². The molecule has 0 aromatic carbocycles. The van der Waals surface area contributed by atoms with Crippen LogP contribution in [0.25, 0.3) is 0 Å². The smallest absolute Gasteiger partial charge is 0.244 e. The van der Waals surface area contributed by atoms with E-state index in [-0.39, 0.29) is 18.0 Å². The Morgan fingerprint density at radius 1 is 1.47 bits per heavy atom. The second-order valence-corrected chi connectivity index (χ2v) is 5.39. The normalized spacial score (nSPS) is 20.4. The van der Waals surface area contributed by atoms with E-state index in [2.05, 4.69) is 24.2 Å². The molecule has 0 aliphatic carbocycles. The van der Waals surface area contributed by atoms with E-state index in [4.69, 9.17) is 0 Å². The lowest BCUT2D eigenvalue weighted by Crippen LogP contribution is -2.42. The van der Waals surface area contributed by atoms with Crippen molar-refractivity contribution in [2.45, 2.75) is 39.2 Å². The molecule has 1 rings (SSSR count). The van der Waals surface area contributed by atoms with Gasteiger partial charge in [-0.25, -0.2) is 0 Å². The third kappa shape index (κ3) is 3.63. The number of nitrogens with one attached hydrogen (secondary N) is 1. The number of hydrogen-bond donors (Lipinski definition) is 1. The molecule has 0 radical (unpaired) electrons. The summed E-state index contributed by atoms with van der Waals surface area (Å²) in [7, 11) is 1.81. The molecule has 1 N–H and O–H groups in total. The Morgan fingerprint density at radius 3 is 2.59 bits per heavy atom. The number of amides is 1. The standard InChI is InChI=1S/C12H23N3OS/c1-5-12(6-2)9-17-11(14-12)13-8-10(16)15(4)7-3/h5-9H2,1-4H3,(H,13,14). The van der Waals surface area contributed by atoms with E-state index in [1.165, 1.54) is 0 Å². The molecule has 0 bridgehead atoms. The Hall–Kier alpha value is -0.710. The van der Waals surface area contributed by atoms with Crippen LogP contribution in [-0.2, 0) is 4.79 Å². The zero-order valence-electron chi connectivity index (χ0n) is 11.2. The number of rotatable bonds is 5. The monoisotopic (exact) mass is 257 g/mol. The van der Waals surface area contributed by atoms with Crippen LogP contribution in [0.5, 0.6) is 0 Å². The highest BCUT2D eigenvalue weighted by Gasteiger charge is 2.33. The Morgan fingerprint density at radius 2 is 2.12 bits per heavy atom. The van der Waals surface area contributed by atoms with Crippen LogP contribution in [0, 0.1) is 0 Å². The second-order valence-electron chi connectivity index (χ2n) is 4.43. The van der Waals surface area contributed by atoms with Gasteiger partial charge in [-0.1, -0.05) is 25.6 Å². The van der Waals surface area contributed by atoms with Gasteiger partial charge >= 0.3 is 0 Å². The Bertz CT molecular complexity index is 300. The largest absolute Gasteiger partial charge is 0.359 e. The molecule has 0 saturated carbocycles. The molecule has 5 heteroatoms. The van der Waals surface area contributed by atoms with Crippen molar-refractivity contribution in [2.24, 2.45) is 4.99 Å². The molecule has 0 aromatic heterocycles. The minimum Gasteiger partial charge on any atom is -0.359 e. The van der Waals surface area contributed by atoms with Crippen LogP contribution in [0.4, 0.5) is 0 Å². The van der Waals surface area contributed by atoms with Crippen LogP contribution in [0.1, 0.15) is 33.6 Å². The number of thioether (sulfide) groups is 1. The van der Waals surface area contributed by atoms with Gasteiger partial charge < -0.3 is 10.2 Å². The highest BCUT2D eigenvalue weighted by molar-refractivity contribution is 8.14. The van der Waals surface area contributed by atoms with Gasteiger partial charge in [0.05, 0.1) is 0 Å². The first kappa shape index (κ1) is 14.4. The summed E-state index contributed by atoms with van der Waals surface area (Å²) < 4.78 is 0. The third-order valence-electron chi connectivity index (χ3n) is 3.47. The Kier molecular flexibility index (Phi) is 5.31. The summed E-state index contributed by atoms with van der Waals surface area (Å²) in [5, 5.41) is 4.38. The molecule has 4 nitrogen and oxygen atoms in total. The summed E-state index contributed by atoms with van der Waals surface area (Å²) in [6.07, 6.45) is 2.19. The number of likely N-dealkylation sites (N-methyl/N-ethyl adjacent to an activating group) is 1. The molecule has 0 aromatic rings. The molecule has 1 fully saturated rings. The van der Waals surface area contributed by atoms with Crippen LogP contribution in [0.2, 0.25) is 0 Å². The van der Waals surface area contributed by atoms with Crippen LogP contribution < -0.4 is 5.32 Å². The van der Waals surface area contributed by atoms with E-state index >= 15 is 0 Å². The molecule has 0 spiro atoms. The van der Waals surface area contributed by atoms with Crippen LogP contribution in [0.3, 0.4) is 0 Å². The van der Waals surface area contributed by atoms with Gasteiger partial charge in [0.2, 0.25) is 5.91 Å². The van der Waals surface area contributed by atoms with E-state index in [1.54, 1.807) is 23.7 Å². The summed E-state index contributed by atoms with van der Waals surface area (Å²) in [6, 6.07) is 0. The maximum atomic E-state index is 11.6. The summed E-state index contributed by atoms with van der Waals surface area (Å²) in [5.74, 6) is 1.13. The second kappa shape index (κ2) is 6.28. The predicted octanol–water partition coefficient (Wildman–Crippen LogP) is 1.72. The molecule has 1 saturated heterocycles. The van der Waals surface area contributed by atoms with E-state index in [1.807, 2.05) is 6.92 Å². The first-order valence-electron chi connectivity index (χ1n) is 6.26. The quantitative estimate of drug-likeness (QED) is 0.815.